The van der Waals surface area contributed by atoms with Crippen LogP contribution in [0.5, 0.6) is 5.75 Å². The van der Waals surface area contributed by atoms with Gasteiger partial charge in [0.1, 0.15) is 17.4 Å². The molecule has 1 amide bonds. The molecule has 0 atom stereocenters. The van der Waals surface area contributed by atoms with Crippen molar-refractivity contribution in [1.82, 2.24) is 4.98 Å². The fraction of sp³-hybridized carbons (Fsp3) is 0.0769. The normalized spacial score (nSPS) is 9.89. The van der Waals surface area contributed by atoms with E-state index < -0.39 is 11.7 Å². The highest BCUT2D eigenvalue weighted by molar-refractivity contribution is 6.04. The predicted molar refractivity (Wildman–Crippen MR) is 65.1 cm³/mol. The summed E-state index contributed by atoms with van der Waals surface area (Å²) in [6, 6.07) is 9.13. The Hall–Kier alpha value is -2.43. The summed E-state index contributed by atoms with van der Waals surface area (Å²) in [6.45, 7) is 0. The average Bonchev–Trinajstić information content (AvgIpc) is 2.39. The van der Waals surface area contributed by atoms with Crippen LogP contribution < -0.4 is 10.1 Å². The highest BCUT2D eigenvalue weighted by Crippen LogP contribution is 2.17. The zero-order valence-corrected chi connectivity index (χ0v) is 9.68. The molecule has 5 heteroatoms. The number of anilines is 1. The molecular formula is C13H11FN2O2. The number of aromatic nitrogens is 1. The second-order valence-electron chi connectivity index (χ2n) is 3.51. The Morgan fingerprint density at radius 3 is 2.78 bits per heavy atom. The Labute approximate surface area is 103 Å². The van der Waals surface area contributed by atoms with Gasteiger partial charge in [-0.05, 0) is 24.3 Å². The predicted octanol–water partition coefficient (Wildman–Crippen LogP) is 2.48. The zero-order chi connectivity index (χ0) is 13.0. The summed E-state index contributed by atoms with van der Waals surface area (Å²) >= 11 is 0. The van der Waals surface area contributed by atoms with Crippen molar-refractivity contribution in [2.45, 2.75) is 0 Å². The molecule has 4 nitrogen and oxygen atoms in total. The van der Waals surface area contributed by atoms with Crippen LogP contribution in [-0.4, -0.2) is 18.0 Å². The Morgan fingerprint density at radius 1 is 1.33 bits per heavy atom. The molecule has 0 radical (unpaired) electrons. The molecule has 2 aromatic rings. The van der Waals surface area contributed by atoms with Crippen molar-refractivity contribution in [1.29, 1.82) is 0 Å². The number of nitrogens with one attached hydrogen (secondary N) is 1. The molecule has 0 spiro atoms. The largest absolute Gasteiger partial charge is 0.497 e. The number of methoxy groups -OCH3 is 1. The Balaban J connectivity index is 2.19. The summed E-state index contributed by atoms with van der Waals surface area (Å²) in [7, 11) is 1.43. The number of hydrogen-bond donors (Lipinski definition) is 1. The first kappa shape index (κ1) is 12.0. The summed E-state index contributed by atoms with van der Waals surface area (Å²) in [4.78, 5) is 15.7. The smallest absolute Gasteiger partial charge is 0.259 e. The first-order valence-electron chi connectivity index (χ1n) is 5.26. The van der Waals surface area contributed by atoms with Gasteiger partial charge >= 0.3 is 0 Å². The second-order valence-corrected chi connectivity index (χ2v) is 3.51. The van der Waals surface area contributed by atoms with Crippen LogP contribution in [0.3, 0.4) is 0 Å². The van der Waals surface area contributed by atoms with Crippen molar-refractivity contribution in [2.75, 3.05) is 12.4 Å². The van der Waals surface area contributed by atoms with E-state index in [-0.39, 0.29) is 5.56 Å². The minimum absolute atomic E-state index is 0.0542. The van der Waals surface area contributed by atoms with Gasteiger partial charge in [0.2, 0.25) is 0 Å². The lowest BCUT2D eigenvalue weighted by molar-refractivity contribution is 0.102. The lowest BCUT2D eigenvalue weighted by Gasteiger charge is -2.06. The number of carbonyl (C=O) groups excluding carboxylic acids is 1. The number of pyridine rings is 1. The number of amides is 1. The zero-order valence-electron chi connectivity index (χ0n) is 9.68. The van der Waals surface area contributed by atoms with Crippen LogP contribution >= 0.6 is 0 Å². The molecule has 0 saturated carbocycles. The molecule has 92 valence electrons. The molecular weight excluding hydrogens is 235 g/mol. The van der Waals surface area contributed by atoms with Crippen LogP contribution in [0.1, 0.15) is 10.4 Å². The minimum atomic E-state index is -0.636. The van der Waals surface area contributed by atoms with Crippen LogP contribution in [0.2, 0.25) is 0 Å². The average molecular weight is 246 g/mol. The van der Waals surface area contributed by atoms with Gasteiger partial charge in [-0.3, -0.25) is 4.79 Å². The van der Waals surface area contributed by atoms with E-state index in [1.54, 1.807) is 24.4 Å². The molecule has 1 aromatic heterocycles. The molecule has 18 heavy (non-hydrogen) atoms. The summed E-state index contributed by atoms with van der Waals surface area (Å²) in [5, 5.41) is 2.51. The highest BCUT2D eigenvalue weighted by atomic mass is 19.1. The maximum absolute atomic E-state index is 13.6. The van der Waals surface area contributed by atoms with Crippen LogP contribution in [-0.2, 0) is 0 Å². The van der Waals surface area contributed by atoms with E-state index in [2.05, 4.69) is 10.3 Å². The van der Waals surface area contributed by atoms with Crippen molar-refractivity contribution in [2.24, 2.45) is 0 Å². The van der Waals surface area contributed by atoms with Crippen molar-refractivity contribution in [3.63, 3.8) is 0 Å². The van der Waals surface area contributed by atoms with E-state index >= 15 is 0 Å². The summed E-state index contributed by atoms with van der Waals surface area (Å²) < 4.78 is 18.5. The van der Waals surface area contributed by atoms with Gasteiger partial charge in [-0.2, -0.15) is 0 Å². The van der Waals surface area contributed by atoms with E-state index in [0.29, 0.717) is 11.6 Å². The molecule has 0 bridgehead atoms. The molecule has 0 fully saturated rings. The number of halogens is 1. The number of benzene rings is 1. The van der Waals surface area contributed by atoms with Gasteiger partial charge in [-0.25, -0.2) is 9.37 Å². The highest BCUT2D eigenvalue weighted by Gasteiger charge is 2.12. The lowest BCUT2D eigenvalue weighted by atomic mass is 10.2. The van der Waals surface area contributed by atoms with Crippen LogP contribution in [0.25, 0.3) is 0 Å². The van der Waals surface area contributed by atoms with Gasteiger partial charge < -0.3 is 10.1 Å². The van der Waals surface area contributed by atoms with E-state index in [1.807, 2.05) is 0 Å². The molecule has 0 aliphatic rings. The summed E-state index contributed by atoms with van der Waals surface area (Å²) in [6.07, 6.45) is 1.54. The maximum Gasteiger partial charge on any atom is 0.259 e. The quantitative estimate of drug-likeness (QED) is 0.905. The van der Waals surface area contributed by atoms with Crippen LogP contribution in [0.4, 0.5) is 10.2 Å². The monoisotopic (exact) mass is 246 g/mol. The molecule has 0 saturated heterocycles. The molecule has 0 unspecified atom stereocenters. The topological polar surface area (TPSA) is 51.2 Å². The molecule has 0 aliphatic heterocycles. The summed E-state index contributed by atoms with van der Waals surface area (Å²) in [5.74, 6) is -0.448. The van der Waals surface area contributed by atoms with E-state index in [1.165, 1.54) is 19.2 Å². The van der Waals surface area contributed by atoms with Crippen LogP contribution in [0.15, 0.2) is 42.6 Å². The number of hydrogen-bond acceptors (Lipinski definition) is 3. The van der Waals surface area contributed by atoms with Gasteiger partial charge in [0, 0.05) is 12.3 Å². The Morgan fingerprint density at radius 2 is 2.17 bits per heavy atom. The van der Waals surface area contributed by atoms with Gasteiger partial charge in [-0.1, -0.05) is 6.07 Å². The third kappa shape index (κ3) is 2.63. The number of rotatable bonds is 3. The molecule has 1 heterocycles. The van der Waals surface area contributed by atoms with Crippen molar-refractivity contribution >= 4 is 11.7 Å². The van der Waals surface area contributed by atoms with Crippen molar-refractivity contribution in [3.8, 4) is 5.75 Å². The first-order valence-corrected chi connectivity index (χ1v) is 5.26. The van der Waals surface area contributed by atoms with Crippen molar-refractivity contribution in [3.05, 3.63) is 54.0 Å². The molecule has 2 rings (SSSR count). The summed E-state index contributed by atoms with van der Waals surface area (Å²) in [5.41, 5.74) is -0.0542. The van der Waals surface area contributed by atoms with E-state index in [4.69, 9.17) is 4.74 Å². The third-order valence-corrected chi connectivity index (χ3v) is 2.33. The number of carbonyl (C=O) groups is 1. The first-order chi connectivity index (χ1) is 8.70. The lowest BCUT2D eigenvalue weighted by Crippen LogP contribution is -2.14. The third-order valence-electron chi connectivity index (χ3n) is 2.33. The molecule has 1 aromatic carbocycles. The van der Waals surface area contributed by atoms with E-state index in [9.17, 15) is 9.18 Å². The van der Waals surface area contributed by atoms with Crippen LogP contribution in [0, 0.1) is 5.82 Å². The standard InChI is InChI=1S/C13H11FN2O2/c1-18-9-5-6-10(11(14)8-9)13(17)16-12-4-2-3-7-15-12/h2-8H,1H3,(H,15,16,17). The fourth-order valence-corrected chi connectivity index (χ4v) is 1.43. The number of nitrogens with zero attached hydrogens (tertiary/aromatic N) is 1. The fourth-order valence-electron chi connectivity index (χ4n) is 1.43. The molecule has 1 N–H and O–H groups in total. The van der Waals surface area contributed by atoms with Crippen molar-refractivity contribution < 1.29 is 13.9 Å². The van der Waals surface area contributed by atoms with E-state index in [0.717, 1.165) is 6.07 Å². The van der Waals surface area contributed by atoms with Gasteiger partial charge in [0.05, 0.1) is 12.7 Å². The Kier molecular flexibility index (Phi) is 3.52. The second kappa shape index (κ2) is 5.27. The Bertz CT molecular complexity index is 558. The van der Waals surface area contributed by atoms with Gasteiger partial charge in [0.25, 0.3) is 5.91 Å². The molecule has 0 aliphatic carbocycles. The number of ether oxygens (including phenoxy) is 1. The SMILES string of the molecule is COc1ccc(C(=O)Nc2ccccn2)c(F)c1. The maximum atomic E-state index is 13.6. The minimum Gasteiger partial charge on any atom is -0.497 e. The van der Waals surface area contributed by atoms with Gasteiger partial charge in [0.15, 0.2) is 0 Å². The van der Waals surface area contributed by atoms with Gasteiger partial charge in [-0.15, -0.1) is 0 Å².